The second-order valence-electron chi connectivity index (χ2n) is 6.51. The summed E-state index contributed by atoms with van der Waals surface area (Å²) in [5.74, 6) is -1.28. The van der Waals surface area contributed by atoms with Crippen LogP contribution < -0.4 is 16.8 Å². The van der Waals surface area contributed by atoms with Crippen molar-refractivity contribution in [3.05, 3.63) is 64.8 Å². The molecule has 7 heteroatoms. The topological polar surface area (TPSA) is 123 Å². The van der Waals surface area contributed by atoms with E-state index in [0.29, 0.717) is 11.4 Å². The number of rotatable bonds is 5. The summed E-state index contributed by atoms with van der Waals surface area (Å²) in [6.07, 6.45) is 0. The Bertz CT molecular complexity index is 1020. The molecule has 0 aliphatic heterocycles. The van der Waals surface area contributed by atoms with Crippen molar-refractivity contribution >= 4 is 28.5 Å². The molecule has 140 valence electrons. The standard InChI is InChI=1S/C20H22N4O3/c1-11-3-8-16-14(18(11)22)9-17(24(16)2)19(25)23-15(10-21)12-4-6-13(7-5-12)20(26)27/h3-9,15H,10,21-22H2,1-2H3,(H,23,25)(H,26,27). The van der Waals surface area contributed by atoms with Gasteiger partial charge in [0.15, 0.2) is 0 Å². The van der Waals surface area contributed by atoms with Crippen molar-refractivity contribution in [3.63, 3.8) is 0 Å². The van der Waals surface area contributed by atoms with E-state index in [1.165, 1.54) is 12.1 Å². The summed E-state index contributed by atoms with van der Waals surface area (Å²) in [5, 5.41) is 12.7. The van der Waals surface area contributed by atoms with E-state index >= 15 is 0 Å². The minimum Gasteiger partial charge on any atom is -0.478 e. The van der Waals surface area contributed by atoms with Crippen molar-refractivity contribution in [1.82, 2.24) is 9.88 Å². The second-order valence-corrected chi connectivity index (χ2v) is 6.51. The molecule has 3 aromatic rings. The number of aromatic carboxylic acids is 1. The lowest BCUT2D eigenvalue weighted by molar-refractivity contribution is 0.0696. The smallest absolute Gasteiger partial charge is 0.335 e. The molecular formula is C20H22N4O3. The average Bonchev–Trinajstić information content (AvgIpc) is 3.00. The van der Waals surface area contributed by atoms with E-state index < -0.39 is 12.0 Å². The molecule has 1 unspecified atom stereocenters. The van der Waals surface area contributed by atoms with Gasteiger partial charge >= 0.3 is 5.97 Å². The lowest BCUT2D eigenvalue weighted by atomic mass is 10.0. The number of aryl methyl sites for hydroxylation is 2. The number of carboxylic acids is 1. The number of amides is 1. The van der Waals surface area contributed by atoms with Crippen molar-refractivity contribution in [3.8, 4) is 0 Å². The van der Waals surface area contributed by atoms with Crippen molar-refractivity contribution in [1.29, 1.82) is 0 Å². The number of nitrogens with zero attached hydrogens (tertiary/aromatic N) is 1. The number of carbonyl (C=O) groups is 2. The lowest BCUT2D eigenvalue weighted by Gasteiger charge is -2.18. The van der Waals surface area contributed by atoms with Crippen molar-refractivity contribution in [2.24, 2.45) is 12.8 Å². The molecule has 0 bridgehead atoms. The van der Waals surface area contributed by atoms with Gasteiger partial charge in [-0.2, -0.15) is 0 Å². The number of benzene rings is 2. The van der Waals surface area contributed by atoms with Crippen LogP contribution in [0.1, 0.15) is 38.0 Å². The predicted octanol–water partition coefficient (Wildman–Crippen LogP) is 2.20. The van der Waals surface area contributed by atoms with E-state index in [9.17, 15) is 9.59 Å². The normalized spacial score (nSPS) is 12.1. The lowest BCUT2D eigenvalue weighted by Crippen LogP contribution is -2.34. The monoisotopic (exact) mass is 366 g/mol. The Balaban J connectivity index is 1.89. The van der Waals surface area contributed by atoms with E-state index in [2.05, 4.69) is 5.32 Å². The highest BCUT2D eigenvalue weighted by Crippen LogP contribution is 2.27. The highest BCUT2D eigenvalue weighted by atomic mass is 16.4. The van der Waals surface area contributed by atoms with Crippen LogP contribution in [0.5, 0.6) is 0 Å². The number of fused-ring (bicyclic) bond motifs is 1. The van der Waals surface area contributed by atoms with Crippen LogP contribution in [-0.2, 0) is 7.05 Å². The summed E-state index contributed by atoms with van der Waals surface area (Å²) in [6.45, 7) is 2.11. The maximum atomic E-state index is 12.8. The number of carbonyl (C=O) groups excluding carboxylic acids is 1. The van der Waals surface area contributed by atoms with Crippen LogP contribution in [0.3, 0.4) is 0 Å². The van der Waals surface area contributed by atoms with Crippen molar-refractivity contribution in [2.75, 3.05) is 12.3 Å². The number of anilines is 1. The van der Waals surface area contributed by atoms with Crippen molar-refractivity contribution in [2.45, 2.75) is 13.0 Å². The van der Waals surface area contributed by atoms with E-state index in [4.69, 9.17) is 16.6 Å². The number of nitrogen functional groups attached to an aromatic ring is 1. The number of nitrogens with one attached hydrogen (secondary N) is 1. The molecule has 0 fully saturated rings. The highest BCUT2D eigenvalue weighted by Gasteiger charge is 2.19. The first-order valence-electron chi connectivity index (χ1n) is 8.52. The molecule has 0 spiro atoms. The Hall–Kier alpha value is -3.32. The molecular weight excluding hydrogens is 344 g/mol. The van der Waals surface area contributed by atoms with Crippen LogP contribution in [0.2, 0.25) is 0 Å². The quantitative estimate of drug-likeness (QED) is 0.516. The summed E-state index contributed by atoms with van der Waals surface area (Å²) in [6, 6.07) is 11.5. The molecule has 1 heterocycles. The SMILES string of the molecule is Cc1ccc2c(cc(C(=O)NC(CN)c3ccc(C(=O)O)cc3)n2C)c1N. The average molecular weight is 366 g/mol. The van der Waals surface area contributed by atoms with Gasteiger partial charge in [0.1, 0.15) is 5.69 Å². The molecule has 1 aromatic heterocycles. The zero-order valence-corrected chi connectivity index (χ0v) is 15.2. The molecule has 2 aromatic carbocycles. The Morgan fingerprint density at radius 1 is 1.19 bits per heavy atom. The van der Waals surface area contributed by atoms with Crippen molar-refractivity contribution < 1.29 is 14.7 Å². The van der Waals surface area contributed by atoms with E-state index in [1.807, 2.05) is 26.1 Å². The van der Waals surface area contributed by atoms with Gasteiger partial charge in [-0.1, -0.05) is 18.2 Å². The highest BCUT2D eigenvalue weighted by molar-refractivity contribution is 6.02. The molecule has 0 aliphatic rings. The predicted molar refractivity (Wildman–Crippen MR) is 105 cm³/mol. The zero-order chi connectivity index (χ0) is 19.7. The van der Waals surface area contributed by atoms with Crippen LogP contribution >= 0.6 is 0 Å². The molecule has 0 aliphatic carbocycles. The summed E-state index contributed by atoms with van der Waals surface area (Å²) in [7, 11) is 1.81. The Morgan fingerprint density at radius 3 is 2.44 bits per heavy atom. The van der Waals surface area contributed by atoms with Gasteiger partial charge in [-0.25, -0.2) is 4.79 Å². The fourth-order valence-electron chi connectivity index (χ4n) is 3.13. The first-order valence-corrected chi connectivity index (χ1v) is 8.52. The summed E-state index contributed by atoms with van der Waals surface area (Å²) in [4.78, 5) is 23.8. The molecule has 0 saturated heterocycles. The van der Waals surface area contributed by atoms with Gasteiger partial charge in [0.25, 0.3) is 5.91 Å². The maximum absolute atomic E-state index is 12.8. The van der Waals surface area contributed by atoms with Crippen LogP contribution in [0.15, 0.2) is 42.5 Å². The summed E-state index contributed by atoms with van der Waals surface area (Å²) in [5.41, 5.74) is 15.9. The molecule has 1 atom stereocenters. The van der Waals surface area contributed by atoms with Gasteiger partial charge in [-0.3, -0.25) is 4.79 Å². The van der Waals surface area contributed by atoms with Gasteiger partial charge in [0, 0.05) is 24.7 Å². The summed E-state index contributed by atoms with van der Waals surface area (Å²) < 4.78 is 1.79. The van der Waals surface area contributed by atoms with Gasteiger partial charge in [-0.15, -0.1) is 0 Å². The number of hydrogen-bond acceptors (Lipinski definition) is 4. The molecule has 7 nitrogen and oxygen atoms in total. The minimum atomic E-state index is -1.00. The molecule has 3 rings (SSSR count). The molecule has 27 heavy (non-hydrogen) atoms. The van der Waals surface area contributed by atoms with Gasteiger partial charge in [0.2, 0.25) is 0 Å². The van der Waals surface area contributed by atoms with Gasteiger partial charge in [0.05, 0.1) is 17.1 Å². The minimum absolute atomic E-state index is 0.181. The Morgan fingerprint density at radius 2 is 1.85 bits per heavy atom. The molecule has 1 amide bonds. The summed E-state index contributed by atoms with van der Waals surface area (Å²) >= 11 is 0. The Kier molecular flexibility index (Phi) is 4.87. The number of carboxylic acid groups (broad SMARTS) is 1. The third-order valence-electron chi connectivity index (χ3n) is 4.82. The van der Waals surface area contributed by atoms with Crippen LogP contribution in [0, 0.1) is 6.92 Å². The van der Waals surface area contributed by atoms with Crippen LogP contribution in [0.4, 0.5) is 5.69 Å². The third kappa shape index (κ3) is 3.37. The second kappa shape index (κ2) is 7.13. The van der Waals surface area contributed by atoms with Crippen LogP contribution in [-0.4, -0.2) is 28.1 Å². The number of hydrogen-bond donors (Lipinski definition) is 4. The number of aromatic nitrogens is 1. The fraction of sp³-hybridized carbons (Fsp3) is 0.200. The molecule has 0 radical (unpaired) electrons. The Labute approximate surface area is 156 Å². The largest absolute Gasteiger partial charge is 0.478 e. The zero-order valence-electron chi connectivity index (χ0n) is 15.2. The number of nitrogens with two attached hydrogens (primary N) is 2. The molecule has 0 saturated carbocycles. The third-order valence-corrected chi connectivity index (χ3v) is 4.82. The van der Waals surface area contributed by atoms with Crippen LogP contribution in [0.25, 0.3) is 10.9 Å². The fourth-order valence-corrected chi connectivity index (χ4v) is 3.13. The first kappa shape index (κ1) is 18.5. The van der Waals surface area contributed by atoms with E-state index in [0.717, 1.165) is 22.0 Å². The molecule has 6 N–H and O–H groups in total. The van der Waals surface area contributed by atoms with Gasteiger partial charge in [-0.05, 0) is 42.3 Å². The maximum Gasteiger partial charge on any atom is 0.335 e. The first-order chi connectivity index (χ1) is 12.8. The van der Waals surface area contributed by atoms with E-state index in [-0.39, 0.29) is 18.0 Å². The van der Waals surface area contributed by atoms with E-state index in [1.54, 1.807) is 22.8 Å². The van der Waals surface area contributed by atoms with Gasteiger partial charge < -0.3 is 26.5 Å².